The monoisotopic (exact) mass is 328 g/mol. The number of nitrogens with zero attached hydrogens (tertiary/aromatic N) is 1. The Kier molecular flexibility index (Phi) is 6.30. The average Bonchev–Trinajstić information content (AvgIpc) is 3.13. The Labute approximate surface area is 144 Å². The molecular weight excluding hydrogens is 300 g/mol. The van der Waals surface area contributed by atoms with Crippen molar-refractivity contribution in [1.82, 2.24) is 10.3 Å². The Balaban J connectivity index is 1.49. The molecule has 24 heavy (non-hydrogen) atoms. The van der Waals surface area contributed by atoms with Crippen LogP contribution in [0.15, 0.2) is 41.1 Å². The van der Waals surface area contributed by atoms with Crippen LogP contribution in [-0.2, 0) is 13.2 Å². The number of para-hydroxylation sites is 1. The van der Waals surface area contributed by atoms with Crippen LogP contribution in [0.3, 0.4) is 0 Å². The zero-order valence-electron chi connectivity index (χ0n) is 14.5. The summed E-state index contributed by atoms with van der Waals surface area (Å²) in [5.41, 5.74) is 1.18. The molecule has 3 rings (SSSR count). The van der Waals surface area contributed by atoms with Gasteiger partial charge in [0.15, 0.2) is 6.61 Å². The number of hydrogen-bond donors (Lipinski definition) is 1. The minimum absolute atomic E-state index is 0.363. The highest BCUT2D eigenvalue weighted by Gasteiger charge is 2.16. The molecule has 2 aromatic rings. The number of nitrogens with one attached hydrogen (secondary N) is 1. The Hall–Kier alpha value is -1.81. The largest absolute Gasteiger partial charge is 0.484 e. The van der Waals surface area contributed by atoms with Crippen LogP contribution < -0.4 is 10.1 Å². The third kappa shape index (κ3) is 5.10. The summed E-state index contributed by atoms with van der Waals surface area (Å²) in [5, 5.41) is 3.66. The van der Waals surface area contributed by atoms with E-state index in [0.717, 1.165) is 18.2 Å². The fourth-order valence-corrected chi connectivity index (χ4v) is 3.54. The lowest BCUT2D eigenvalue weighted by atomic mass is 9.85. The van der Waals surface area contributed by atoms with E-state index in [2.05, 4.69) is 29.4 Å². The molecular formula is C20H28N2O2. The number of ether oxygens (including phenoxy) is 1. The van der Waals surface area contributed by atoms with Gasteiger partial charge in [0.05, 0.1) is 6.20 Å². The van der Waals surface area contributed by atoms with Gasteiger partial charge in [0.1, 0.15) is 12.0 Å². The molecule has 0 saturated heterocycles. The SMILES string of the molecule is CC(CC1CCCCC1)NCc1ccccc1OCc1ncco1. The molecule has 1 aromatic carbocycles. The summed E-state index contributed by atoms with van der Waals surface area (Å²) in [6.07, 6.45) is 11.5. The van der Waals surface area contributed by atoms with E-state index in [4.69, 9.17) is 9.15 Å². The van der Waals surface area contributed by atoms with Crippen LogP contribution in [0.5, 0.6) is 5.75 Å². The van der Waals surface area contributed by atoms with Crippen LogP contribution in [0, 0.1) is 5.92 Å². The number of benzene rings is 1. The second kappa shape index (κ2) is 8.88. The van der Waals surface area contributed by atoms with Crippen molar-refractivity contribution in [2.75, 3.05) is 0 Å². The molecule has 1 unspecified atom stereocenters. The van der Waals surface area contributed by atoms with Crippen LogP contribution >= 0.6 is 0 Å². The molecule has 130 valence electrons. The summed E-state index contributed by atoms with van der Waals surface area (Å²) in [6, 6.07) is 8.71. The van der Waals surface area contributed by atoms with E-state index < -0.39 is 0 Å². The first-order chi connectivity index (χ1) is 11.8. The van der Waals surface area contributed by atoms with Crippen molar-refractivity contribution in [2.45, 2.75) is 64.6 Å². The summed E-state index contributed by atoms with van der Waals surface area (Å²) in [6.45, 7) is 3.49. The van der Waals surface area contributed by atoms with E-state index in [1.54, 1.807) is 12.5 Å². The van der Waals surface area contributed by atoms with Crippen molar-refractivity contribution in [3.63, 3.8) is 0 Å². The van der Waals surface area contributed by atoms with Crippen LogP contribution in [0.2, 0.25) is 0 Å². The zero-order chi connectivity index (χ0) is 16.6. The van der Waals surface area contributed by atoms with Gasteiger partial charge in [-0.2, -0.15) is 0 Å². The molecule has 1 aliphatic rings. The predicted octanol–water partition coefficient (Wildman–Crippen LogP) is 4.70. The normalized spacial score (nSPS) is 16.9. The van der Waals surface area contributed by atoms with Gasteiger partial charge in [-0.25, -0.2) is 4.98 Å². The summed E-state index contributed by atoms with van der Waals surface area (Å²) < 4.78 is 11.1. The molecule has 0 amide bonds. The standard InChI is InChI=1S/C20H28N2O2/c1-16(13-17-7-3-2-4-8-17)22-14-18-9-5-6-10-19(18)24-15-20-21-11-12-23-20/h5-6,9-12,16-17,22H,2-4,7-8,13-15H2,1H3. The van der Waals surface area contributed by atoms with Crippen LogP contribution in [-0.4, -0.2) is 11.0 Å². The molecule has 0 bridgehead atoms. The summed E-state index contributed by atoms with van der Waals surface area (Å²) in [4.78, 5) is 4.09. The van der Waals surface area contributed by atoms with Crippen molar-refractivity contribution >= 4 is 0 Å². The van der Waals surface area contributed by atoms with Crippen molar-refractivity contribution in [3.05, 3.63) is 48.2 Å². The van der Waals surface area contributed by atoms with E-state index in [1.165, 1.54) is 44.1 Å². The molecule has 0 radical (unpaired) electrons. The Bertz CT molecular complexity index is 591. The molecule has 0 spiro atoms. The third-order valence-electron chi connectivity index (χ3n) is 4.86. The number of oxazole rings is 1. The van der Waals surface area contributed by atoms with Gasteiger partial charge in [0, 0.05) is 18.2 Å². The maximum atomic E-state index is 5.87. The fourth-order valence-electron chi connectivity index (χ4n) is 3.54. The molecule has 1 aliphatic carbocycles. The zero-order valence-corrected chi connectivity index (χ0v) is 14.5. The van der Waals surface area contributed by atoms with Gasteiger partial charge in [-0.3, -0.25) is 0 Å². The molecule has 1 heterocycles. The van der Waals surface area contributed by atoms with Crippen molar-refractivity contribution in [3.8, 4) is 5.75 Å². The smallest absolute Gasteiger partial charge is 0.232 e. The highest BCUT2D eigenvalue weighted by Crippen LogP contribution is 2.27. The van der Waals surface area contributed by atoms with Crippen LogP contribution in [0.1, 0.15) is 56.9 Å². The molecule has 0 aliphatic heterocycles. The quantitative estimate of drug-likeness (QED) is 0.763. The van der Waals surface area contributed by atoms with Gasteiger partial charge in [-0.05, 0) is 25.3 Å². The van der Waals surface area contributed by atoms with Gasteiger partial charge < -0.3 is 14.5 Å². The summed E-state index contributed by atoms with van der Waals surface area (Å²) >= 11 is 0. The van der Waals surface area contributed by atoms with E-state index in [0.29, 0.717) is 18.5 Å². The van der Waals surface area contributed by atoms with Crippen molar-refractivity contribution < 1.29 is 9.15 Å². The summed E-state index contributed by atoms with van der Waals surface area (Å²) in [5.74, 6) is 2.40. The first-order valence-electron chi connectivity index (χ1n) is 9.13. The predicted molar refractivity (Wildman–Crippen MR) is 94.8 cm³/mol. The maximum absolute atomic E-state index is 5.87. The van der Waals surface area contributed by atoms with Gasteiger partial charge in [0.25, 0.3) is 0 Å². The first kappa shape index (κ1) is 17.0. The first-order valence-corrected chi connectivity index (χ1v) is 9.13. The molecule has 1 aromatic heterocycles. The van der Waals surface area contributed by atoms with Crippen molar-refractivity contribution in [1.29, 1.82) is 0 Å². The number of aromatic nitrogens is 1. The van der Waals surface area contributed by atoms with Gasteiger partial charge in [0.2, 0.25) is 5.89 Å². The number of hydrogen-bond acceptors (Lipinski definition) is 4. The average molecular weight is 328 g/mol. The molecule has 1 N–H and O–H groups in total. The lowest BCUT2D eigenvalue weighted by molar-refractivity contribution is 0.259. The van der Waals surface area contributed by atoms with E-state index in [9.17, 15) is 0 Å². The molecule has 1 fully saturated rings. The lowest BCUT2D eigenvalue weighted by Crippen LogP contribution is -2.28. The van der Waals surface area contributed by atoms with Crippen LogP contribution in [0.4, 0.5) is 0 Å². The van der Waals surface area contributed by atoms with Gasteiger partial charge in [-0.1, -0.05) is 50.3 Å². The highest BCUT2D eigenvalue weighted by atomic mass is 16.5. The molecule has 1 saturated carbocycles. The lowest BCUT2D eigenvalue weighted by Gasteiger charge is -2.25. The van der Waals surface area contributed by atoms with E-state index in [-0.39, 0.29) is 0 Å². The second-order valence-electron chi connectivity index (χ2n) is 6.84. The second-order valence-corrected chi connectivity index (χ2v) is 6.84. The third-order valence-corrected chi connectivity index (χ3v) is 4.86. The summed E-state index contributed by atoms with van der Waals surface area (Å²) in [7, 11) is 0. The Morgan fingerprint density at radius 2 is 2.08 bits per heavy atom. The van der Waals surface area contributed by atoms with Gasteiger partial charge >= 0.3 is 0 Å². The van der Waals surface area contributed by atoms with E-state index >= 15 is 0 Å². The van der Waals surface area contributed by atoms with Crippen molar-refractivity contribution in [2.24, 2.45) is 5.92 Å². The molecule has 1 atom stereocenters. The molecule has 4 heteroatoms. The maximum Gasteiger partial charge on any atom is 0.232 e. The Morgan fingerprint density at radius 1 is 1.25 bits per heavy atom. The number of rotatable bonds is 8. The Morgan fingerprint density at radius 3 is 2.88 bits per heavy atom. The highest BCUT2D eigenvalue weighted by molar-refractivity contribution is 5.33. The van der Waals surface area contributed by atoms with E-state index in [1.807, 2.05) is 12.1 Å². The topological polar surface area (TPSA) is 47.3 Å². The van der Waals surface area contributed by atoms with Crippen LogP contribution in [0.25, 0.3) is 0 Å². The van der Waals surface area contributed by atoms with Gasteiger partial charge in [-0.15, -0.1) is 0 Å². The molecule has 4 nitrogen and oxygen atoms in total. The minimum atomic E-state index is 0.363. The fraction of sp³-hybridized carbons (Fsp3) is 0.550. The minimum Gasteiger partial charge on any atom is -0.484 e.